The second-order valence-corrected chi connectivity index (χ2v) is 3.87. The molecule has 0 atom stereocenters. The molecule has 0 bridgehead atoms. The Balaban J connectivity index is 0.00000180. The SMILES string of the molecule is Cl.N=C(N)c1ccc(-c2ccc(C(=O)O)cc2)cc1. The third-order valence-corrected chi connectivity index (χ3v) is 2.66. The van der Waals surface area contributed by atoms with E-state index in [4.69, 9.17) is 16.2 Å². The molecule has 0 amide bonds. The lowest BCUT2D eigenvalue weighted by Gasteiger charge is -2.04. The zero-order valence-corrected chi connectivity index (χ0v) is 10.8. The standard InChI is InChI=1S/C14H12N2O2.ClH/c15-13(16)11-5-1-9(2-6-11)10-3-7-12(8-4-10)14(17)18;/h1-8H,(H3,15,16)(H,17,18);1H. The lowest BCUT2D eigenvalue weighted by Crippen LogP contribution is -2.10. The van der Waals surface area contributed by atoms with Crippen molar-refractivity contribution in [1.29, 1.82) is 5.41 Å². The van der Waals surface area contributed by atoms with Crippen molar-refractivity contribution >= 4 is 24.2 Å². The van der Waals surface area contributed by atoms with Crippen LogP contribution in [0.5, 0.6) is 0 Å². The van der Waals surface area contributed by atoms with E-state index >= 15 is 0 Å². The highest BCUT2D eigenvalue weighted by molar-refractivity contribution is 5.95. The Morgan fingerprint density at radius 1 is 0.895 bits per heavy atom. The van der Waals surface area contributed by atoms with E-state index in [1.165, 1.54) is 0 Å². The summed E-state index contributed by atoms with van der Waals surface area (Å²) in [7, 11) is 0. The number of aromatic carboxylic acids is 1. The molecule has 2 aromatic rings. The first-order valence-electron chi connectivity index (χ1n) is 5.36. The van der Waals surface area contributed by atoms with Gasteiger partial charge < -0.3 is 10.8 Å². The van der Waals surface area contributed by atoms with Crippen LogP contribution in [0.25, 0.3) is 11.1 Å². The van der Waals surface area contributed by atoms with Crippen LogP contribution in [0.15, 0.2) is 48.5 Å². The van der Waals surface area contributed by atoms with Gasteiger partial charge in [0.25, 0.3) is 0 Å². The normalized spacial score (nSPS) is 9.47. The van der Waals surface area contributed by atoms with Gasteiger partial charge in [0.1, 0.15) is 5.84 Å². The summed E-state index contributed by atoms with van der Waals surface area (Å²) in [5.74, 6) is -0.906. The number of nitrogen functional groups attached to an aromatic ring is 1. The van der Waals surface area contributed by atoms with Gasteiger partial charge in [-0.05, 0) is 23.3 Å². The smallest absolute Gasteiger partial charge is 0.335 e. The highest BCUT2D eigenvalue weighted by Crippen LogP contribution is 2.20. The minimum Gasteiger partial charge on any atom is -0.478 e. The van der Waals surface area contributed by atoms with E-state index in [2.05, 4.69) is 0 Å². The number of hydrogen-bond donors (Lipinski definition) is 3. The van der Waals surface area contributed by atoms with Crippen molar-refractivity contribution in [3.05, 3.63) is 59.7 Å². The van der Waals surface area contributed by atoms with Crippen molar-refractivity contribution in [2.24, 2.45) is 5.73 Å². The summed E-state index contributed by atoms with van der Waals surface area (Å²) >= 11 is 0. The Hall–Kier alpha value is -2.33. The number of hydrogen-bond acceptors (Lipinski definition) is 2. The van der Waals surface area contributed by atoms with Crippen LogP contribution >= 0.6 is 12.4 Å². The largest absolute Gasteiger partial charge is 0.478 e. The number of halogens is 1. The first-order chi connectivity index (χ1) is 8.58. The Morgan fingerprint density at radius 2 is 1.26 bits per heavy atom. The number of nitrogens with two attached hydrogens (primary N) is 1. The van der Waals surface area contributed by atoms with Gasteiger partial charge in [-0.1, -0.05) is 36.4 Å². The lowest BCUT2D eigenvalue weighted by molar-refractivity contribution is 0.0697. The van der Waals surface area contributed by atoms with E-state index in [1.807, 2.05) is 12.1 Å². The highest BCUT2D eigenvalue weighted by atomic mass is 35.5. The number of rotatable bonds is 3. The van der Waals surface area contributed by atoms with Crippen molar-refractivity contribution in [3.8, 4) is 11.1 Å². The van der Waals surface area contributed by atoms with Crippen molar-refractivity contribution in [3.63, 3.8) is 0 Å². The molecular formula is C14H13ClN2O2. The van der Waals surface area contributed by atoms with Gasteiger partial charge in [0.05, 0.1) is 5.56 Å². The van der Waals surface area contributed by atoms with Gasteiger partial charge in [-0.3, -0.25) is 5.41 Å². The quantitative estimate of drug-likeness (QED) is 0.595. The molecule has 0 fully saturated rings. The average molecular weight is 277 g/mol. The summed E-state index contributed by atoms with van der Waals surface area (Å²) in [6.07, 6.45) is 0. The third kappa shape index (κ3) is 3.33. The number of carboxylic acids is 1. The lowest BCUT2D eigenvalue weighted by atomic mass is 10.0. The number of amidine groups is 1. The molecule has 5 heteroatoms. The van der Waals surface area contributed by atoms with Gasteiger partial charge in [0, 0.05) is 5.56 Å². The molecule has 98 valence electrons. The maximum atomic E-state index is 10.7. The molecule has 0 aromatic heterocycles. The Bertz CT molecular complexity index is 536. The van der Waals surface area contributed by atoms with Gasteiger partial charge in [0.15, 0.2) is 0 Å². The van der Waals surface area contributed by atoms with E-state index < -0.39 is 5.97 Å². The summed E-state index contributed by atoms with van der Waals surface area (Å²) < 4.78 is 0. The summed E-state index contributed by atoms with van der Waals surface area (Å²) in [5.41, 5.74) is 8.19. The molecule has 19 heavy (non-hydrogen) atoms. The van der Waals surface area contributed by atoms with Crippen LogP contribution < -0.4 is 5.73 Å². The molecule has 2 rings (SSSR count). The van der Waals surface area contributed by atoms with Crippen LogP contribution in [0.1, 0.15) is 15.9 Å². The molecule has 4 nitrogen and oxygen atoms in total. The summed E-state index contributed by atoms with van der Waals surface area (Å²) in [4.78, 5) is 10.7. The predicted octanol–water partition coefficient (Wildman–Crippen LogP) is 2.76. The van der Waals surface area contributed by atoms with Gasteiger partial charge in [-0.15, -0.1) is 12.4 Å². The minimum absolute atomic E-state index is 0. The fourth-order valence-electron chi connectivity index (χ4n) is 1.65. The number of carboxylic acid groups (broad SMARTS) is 1. The first kappa shape index (κ1) is 14.7. The molecular weight excluding hydrogens is 264 g/mol. The van der Waals surface area contributed by atoms with E-state index in [1.54, 1.807) is 36.4 Å². The molecule has 0 unspecified atom stereocenters. The number of benzene rings is 2. The van der Waals surface area contributed by atoms with Gasteiger partial charge in [-0.2, -0.15) is 0 Å². The first-order valence-corrected chi connectivity index (χ1v) is 5.36. The zero-order valence-electron chi connectivity index (χ0n) is 9.96. The van der Waals surface area contributed by atoms with Gasteiger partial charge in [-0.25, -0.2) is 4.79 Å². The van der Waals surface area contributed by atoms with Gasteiger partial charge in [0.2, 0.25) is 0 Å². The maximum absolute atomic E-state index is 10.7. The molecule has 0 saturated carbocycles. The molecule has 4 N–H and O–H groups in total. The molecule has 2 aromatic carbocycles. The van der Waals surface area contributed by atoms with Crippen molar-refractivity contribution in [2.75, 3.05) is 0 Å². The maximum Gasteiger partial charge on any atom is 0.335 e. The second kappa shape index (κ2) is 6.02. The van der Waals surface area contributed by atoms with Gasteiger partial charge >= 0.3 is 5.97 Å². The molecule has 0 aliphatic rings. The average Bonchev–Trinajstić information content (AvgIpc) is 2.39. The topological polar surface area (TPSA) is 87.2 Å². The van der Waals surface area contributed by atoms with E-state index in [-0.39, 0.29) is 23.8 Å². The van der Waals surface area contributed by atoms with Crippen LogP contribution in [0.4, 0.5) is 0 Å². The second-order valence-electron chi connectivity index (χ2n) is 3.87. The monoisotopic (exact) mass is 276 g/mol. The summed E-state index contributed by atoms with van der Waals surface area (Å²) in [6.45, 7) is 0. The van der Waals surface area contributed by atoms with E-state index in [0.29, 0.717) is 5.56 Å². The molecule has 0 aliphatic heterocycles. The number of nitrogens with one attached hydrogen (secondary N) is 1. The van der Waals surface area contributed by atoms with E-state index in [9.17, 15) is 4.79 Å². The Labute approximate surface area is 116 Å². The molecule has 0 aliphatic carbocycles. The van der Waals surface area contributed by atoms with Crippen LogP contribution in [-0.2, 0) is 0 Å². The van der Waals surface area contributed by atoms with Crippen LogP contribution in [0.3, 0.4) is 0 Å². The van der Waals surface area contributed by atoms with Crippen molar-refractivity contribution in [1.82, 2.24) is 0 Å². The molecule has 0 saturated heterocycles. The van der Waals surface area contributed by atoms with Crippen LogP contribution in [-0.4, -0.2) is 16.9 Å². The minimum atomic E-state index is -0.937. The Kier molecular flexibility index (Phi) is 4.67. The van der Waals surface area contributed by atoms with E-state index in [0.717, 1.165) is 11.1 Å². The molecule has 0 radical (unpaired) electrons. The number of carbonyl (C=O) groups is 1. The highest BCUT2D eigenvalue weighted by Gasteiger charge is 2.03. The predicted molar refractivity (Wildman–Crippen MR) is 77.1 cm³/mol. The Morgan fingerprint density at radius 3 is 1.58 bits per heavy atom. The van der Waals surface area contributed by atoms with Crippen LogP contribution in [0.2, 0.25) is 0 Å². The van der Waals surface area contributed by atoms with Crippen molar-refractivity contribution in [2.45, 2.75) is 0 Å². The third-order valence-electron chi connectivity index (χ3n) is 2.66. The van der Waals surface area contributed by atoms with Crippen LogP contribution in [0, 0.1) is 5.41 Å². The molecule has 0 spiro atoms. The summed E-state index contributed by atoms with van der Waals surface area (Å²) in [6, 6.07) is 13.9. The fraction of sp³-hybridized carbons (Fsp3) is 0. The summed E-state index contributed by atoms with van der Waals surface area (Å²) in [5, 5.41) is 16.1. The van der Waals surface area contributed by atoms with Crippen molar-refractivity contribution < 1.29 is 9.90 Å². The molecule has 0 heterocycles. The fourth-order valence-corrected chi connectivity index (χ4v) is 1.65. The zero-order chi connectivity index (χ0) is 13.1.